The summed E-state index contributed by atoms with van der Waals surface area (Å²) >= 11 is 0. The Hall–Kier alpha value is -4.49. The van der Waals surface area contributed by atoms with E-state index in [0.717, 1.165) is 24.1 Å². The minimum atomic E-state index is 0.113. The van der Waals surface area contributed by atoms with Gasteiger partial charge < -0.3 is 0 Å². The molecule has 0 amide bonds. The van der Waals surface area contributed by atoms with E-state index < -0.39 is 0 Å². The van der Waals surface area contributed by atoms with E-state index in [1.54, 1.807) is 0 Å². The molecular weight excluding hydrogens is 579 g/mol. The highest BCUT2D eigenvalue weighted by atomic mass is 14.7. The Morgan fingerprint density at radius 2 is 0.938 bits per heavy atom. The van der Waals surface area contributed by atoms with Crippen LogP contribution >= 0.6 is 0 Å². The molecule has 6 aromatic rings. The first kappa shape index (κ1) is 32.1. The largest absolute Gasteiger partial charge is 0.247 e. The summed E-state index contributed by atoms with van der Waals surface area (Å²) in [7, 11) is 0. The van der Waals surface area contributed by atoms with Gasteiger partial charge in [-0.25, -0.2) is 4.98 Å². The number of aryl methyl sites for hydroxylation is 1. The lowest BCUT2D eigenvalue weighted by Gasteiger charge is -2.24. The molecule has 1 nitrogen and oxygen atoms in total. The van der Waals surface area contributed by atoms with Crippen molar-refractivity contribution >= 4 is 10.9 Å². The van der Waals surface area contributed by atoms with E-state index in [9.17, 15) is 0 Å². The van der Waals surface area contributed by atoms with Gasteiger partial charge in [-0.3, -0.25) is 0 Å². The van der Waals surface area contributed by atoms with E-state index in [4.69, 9.17) is 4.98 Å². The summed E-state index contributed by atoms with van der Waals surface area (Å²) in [6.07, 6.45) is 2.00. The average Bonchev–Trinajstić information content (AvgIpc) is 3.05. The number of hydrogen-bond acceptors (Lipinski definition) is 1. The summed E-state index contributed by atoms with van der Waals surface area (Å²) in [6, 6.07) is 41.5. The van der Waals surface area contributed by atoms with Gasteiger partial charge in [-0.15, -0.1) is 0 Å². The van der Waals surface area contributed by atoms with Crippen molar-refractivity contribution in [2.45, 2.75) is 91.4 Å². The van der Waals surface area contributed by atoms with Crippen LogP contribution in [0.3, 0.4) is 0 Å². The molecule has 0 aliphatic heterocycles. The molecule has 0 N–H and O–H groups in total. The molecular formula is C47H49N. The molecule has 0 radical (unpaired) electrons. The molecule has 0 spiro atoms. The third-order valence-corrected chi connectivity index (χ3v) is 10.2. The van der Waals surface area contributed by atoms with Crippen LogP contribution in [0.15, 0.2) is 109 Å². The maximum Gasteiger partial charge on any atom is 0.0744 e. The monoisotopic (exact) mass is 627 g/mol. The number of nitrogens with zero attached hydrogens (tertiary/aromatic N) is 1. The van der Waals surface area contributed by atoms with Gasteiger partial charge >= 0.3 is 0 Å². The summed E-state index contributed by atoms with van der Waals surface area (Å²) in [4.78, 5) is 5.30. The molecule has 7 rings (SSSR count). The van der Waals surface area contributed by atoms with E-state index in [1.807, 2.05) is 0 Å². The first-order chi connectivity index (χ1) is 22.6. The zero-order valence-electron chi connectivity index (χ0n) is 30.3. The van der Waals surface area contributed by atoms with Gasteiger partial charge in [0, 0.05) is 10.9 Å². The van der Waals surface area contributed by atoms with Gasteiger partial charge in [0.25, 0.3) is 0 Å². The Balaban J connectivity index is 1.37. The second kappa shape index (κ2) is 11.6. The second-order valence-electron chi connectivity index (χ2n) is 16.9. The molecule has 1 heterocycles. The first-order valence-electron chi connectivity index (χ1n) is 17.6. The molecule has 1 aliphatic rings. The Bertz CT molecular complexity index is 2070. The second-order valence-corrected chi connectivity index (χ2v) is 16.9. The van der Waals surface area contributed by atoms with Crippen LogP contribution in [-0.2, 0) is 29.1 Å². The van der Waals surface area contributed by atoms with Crippen LogP contribution in [0, 0.1) is 0 Å². The van der Waals surface area contributed by atoms with Crippen molar-refractivity contribution in [3.05, 3.63) is 137 Å². The molecule has 1 heteroatoms. The standard InChI is InChI=1S/C47H49N/c1-45(2,3)37-18-13-30(14-19-37)33-26-34(31-15-20-38(21-16-31)46(4,5)6)28-35(27-33)40-11-10-12-42-41(40)23-17-32-25-36-29-39(47(7,8)9)22-24-43(36)48-44(32)42/h10-16,18-22,24-29H,17,23H2,1-9H3. The van der Waals surface area contributed by atoms with Crippen molar-refractivity contribution in [3.8, 4) is 44.6 Å². The summed E-state index contributed by atoms with van der Waals surface area (Å²) in [6.45, 7) is 20.5. The number of aromatic nitrogens is 1. The maximum absolute atomic E-state index is 5.30. The van der Waals surface area contributed by atoms with Crippen LogP contribution in [0.5, 0.6) is 0 Å². The summed E-state index contributed by atoms with van der Waals surface area (Å²) < 4.78 is 0. The molecule has 5 aromatic carbocycles. The molecule has 0 saturated heterocycles. The van der Waals surface area contributed by atoms with Gasteiger partial charge in [-0.2, -0.15) is 0 Å². The highest BCUT2D eigenvalue weighted by Gasteiger charge is 2.23. The van der Waals surface area contributed by atoms with Gasteiger partial charge in [0.2, 0.25) is 0 Å². The molecule has 242 valence electrons. The van der Waals surface area contributed by atoms with E-state index >= 15 is 0 Å². The van der Waals surface area contributed by atoms with Crippen LogP contribution in [0.1, 0.15) is 90.1 Å². The molecule has 1 aromatic heterocycles. The van der Waals surface area contributed by atoms with Crippen LogP contribution in [0.2, 0.25) is 0 Å². The van der Waals surface area contributed by atoms with Crippen LogP contribution in [-0.4, -0.2) is 4.98 Å². The molecule has 0 bridgehead atoms. The highest BCUT2D eigenvalue weighted by Crippen LogP contribution is 2.42. The predicted molar refractivity (Wildman–Crippen MR) is 207 cm³/mol. The van der Waals surface area contributed by atoms with Crippen LogP contribution in [0.25, 0.3) is 55.5 Å². The van der Waals surface area contributed by atoms with Crippen molar-refractivity contribution in [2.75, 3.05) is 0 Å². The van der Waals surface area contributed by atoms with Gasteiger partial charge in [-0.05, 0) is 127 Å². The zero-order valence-corrected chi connectivity index (χ0v) is 30.3. The SMILES string of the molecule is CC(C)(C)c1ccc(-c2cc(-c3ccc(C(C)(C)C)cc3)cc(-c3cccc4c3CCc3cc5cc(C(C)(C)C)ccc5nc3-4)c2)cc1. The highest BCUT2D eigenvalue weighted by molar-refractivity contribution is 5.89. The lowest BCUT2D eigenvalue weighted by Crippen LogP contribution is -2.11. The number of pyridine rings is 1. The summed E-state index contributed by atoms with van der Waals surface area (Å²) in [5.74, 6) is 0. The first-order valence-corrected chi connectivity index (χ1v) is 17.6. The van der Waals surface area contributed by atoms with Crippen molar-refractivity contribution in [3.63, 3.8) is 0 Å². The van der Waals surface area contributed by atoms with Crippen molar-refractivity contribution in [1.29, 1.82) is 0 Å². The van der Waals surface area contributed by atoms with Crippen molar-refractivity contribution in [1.82, 2.24) is 4.98 Å². The fourth-order valence-electron chi connectivity index (χ4n) is 7.16. The van der Waals surface area contributed by atoms with E-state index in [2.05, 4.69) is 172 Å². The Kier molecular flexibility index (Phi) is 7.74. The normalized spacial score (nSPS) is 13.4. The molecule has 48 heavy (non-hydrogen) atoms. The van der Waals surface area contributed by atoms with Crippen LogP contribution < -0.4 is 0 Å². The van der Waals surface area contributed by atoms with Gasteiger partial charge in [0.05, 0.1) is 11.2 Å². The lowest BCUT2D eigenvalue weighted by molar-refractivity contribution is 0.590. The van der Waals surface area contributed by atoms with Gasteiger partial charge in [0.1, 0.15) is 0 Å². The fraction of sp³-hybridized carbons (Fsp3) is 0.298. The molecule has 1 aliphatic carbocycles. The fourth-order valence-corrected chi connectivity index (χ4v) is 7.16. The number of benzene rings is 5. The van der Waals surface area contributed by atoms with Gasteiger partial charge in [-0.1, -0.05) is 135 Å². The zero-order chi connectivity index (χ0) is 34.0. The van der Waals surface area contributed by atoms with Crippen molar-refractivity contribution in [2.24, 2.45) is 0 Å². The molecule has 0 fully saturated rings. The number of fused-ring (bicyclic) bond motifs is 4. The number of hydrogen-bond donors (Lipinski definition) is 0. The average molecular weight is 628 g/mol. The van der Waals surface area contributed by atoms with Gasteiger partial charge in [0.15, 0.2) is 0 Å². The minimum absolute atomic E-state index is 0.113. The third kappa shape index (κ3) is 6.12. The summed E-state index contributed by atoms with van der Waals surface area (Å²) in [5.41, 5.74) is 18.2. The third-order valence-electron chi connectivity index (χ3n) is 10.2. The van der Waals surface area contributed by atoms with E-state index in [0.29, 0.717) is 0 Å². The quantitative estimate of drug-likeness (QED) is 0.190. The molecule has 0 unspecified atom stereocenters. The Morgan fingerprint density at radius 1 is 0.438 bits per heavy atom. The molecule has 0 saturated carbocycles. The predicted octanol–water partition coefficient (Wildman–Crippen LogP) is 12.9. The topological polar surface area (TPSA) is 12.9 Å². The Morgan fingerprint density at radius 3 is 1.48 bits per heavy atom. The minimum Gasteiger partial charge on any atom is -0.247 e. The van der Waals surface area contributed by atoms with E-state index in [1.165, 1.54) is 72.1 Å². The number of rotatable bonds is 3. The Labute approximate surface area is 288 Å². The molecule has 0 atom stereocenters. The smallest absolute Gasteiger partial charge is 0.0744 e. The summed E-state index contributed by atoms with van der Waals surface area (Å²) in [5, 5.41) is 1.24. The van der Waals surface area contributed by atoms with Crippen LogP contribution in [0.4, 0.5) is 0 Å². The maximum atomic E-state index is 5.30. The lowest BCUT2D eigenvalue weighted by atomic mass is 9.82. The van der Waals surface area contributed by atoms with E-state index in [-0.39, 0.29) is 16.2 Å². The van der Waals surface area contributed by atoms with Crippen molar-refractivity contribution < 1.29 is 0 Å².